The van der Waals surface area contributed by atoms with Crippen molar-refractivity contribution in [2.75, 3.05) is 0 Å². The van der Waals surface area contributed by atoms with Crippen LogP contribution in [-0.4, -0.2) is 0 Å². The monoisotopic (exact) mass is 192 g/mol. The summed E-state index contributed by atoms with van der Waals surface area (Å²) in [5.74, 6) is -4.01. The SMILES string of the molecule is O=PCc1cc(F)c(F)c(F)c1. The minimum Gasteiger partial charge on any atom is -0.275 e. The van der Waals surface area contributed by atoms with Crippen LogP contribution in [0.2, 0.25) is 0 Å². The second-order valence-electron chi connectivity index (χ2n) is 2.16. The predicted molar refractivity (Wildman–Crippen MR) is 37.6 cm³/mol. The van der Waals surface area contributed by atoms with E-state index in [0.29, 0.717) is 0 Å². The maximum absolute atomic E-state index is 12.4. The second-order valence-corrected chi connectivity index (χ2v) is 2.74. The molecule has 0 fully saturated rings. The van der Waals surface area contributed by atoms with Crippen molar-refractivity contribution in [2.45, 2.75) is 6.16 Å². The van der Waals surface area contributed by atoms with Crippen LogP contribution in [0.3, 0.4) is 0 Å². The van der Waals surface area contributed by atoms with Crippen LogP contribution in [0.5, 0.6) is 0 Å². The predicted octanol–water partition coefficient (Wildman–Crippen LogP) is 2.90. The van der Waals surface area contributed by atoms with Gasteiger partial charge in [-0.05, 0) is 17.7 Å². The van der Waals surface area contributed by atoms with Crippen molar-refractivity contribution in [2.24, 2.45) is 0 Å². The largest absolute Gasteiger partial charge is 0.275 e. The van der Waals surface area contributed by atoms with Crippen molar-refractivity contribution in [3.05, 3.63) is 35.1 Å². The Labute approximate surface area is 68.4 Å². The maximum atomic E-state index is 12.4. The Bertz CT molecular complexity index is 291. The Morgan fingerprint density at radius 2 is 1.67 bits per heavy atom. The molecule has 0 spiro atoms. The lowest BCUT2D eigenvalue weighted by molar-refractivity contribution is 0.446. The molecule has 1 rings (SSSR count). The quantitative estimate of drug-likeness (QED) is 0.520. The molecular weight excluding hydrogens is 188 g/mol. The standard InChI is InChI=1S/C7H4F3OP/c8-5-1-4(3-12-11)2-6(9)7(5)10/h1-2H,3H2. The van der Waals surface area contributed by atoms with Crippen LogP contribution in [0, 0.1) is 17.5 Å². The zero-order valence-corrected chi connectivity index (χ0v) is 6.75. The van der Waals surface area contributed by atoms with Gasteiger partial charge in [-0.2, -0.15) is 0 Å². The summed E-state index contributed by atoms with van der Waals surface area (Å²) < 4.78 is 47.2. The van der Waals surface area contributed by atoms with Gasteiger partial charge in [0.05, 0.1) is 6.16 Å². The maximum Gasteiger partial charge on any atom is 0.194 e. The fourth-order valence-electron chi connectivity index (χ4n) is 0.774. The van der Waals surface area contributed by atoms with E-state index < -0.39 is 17.5 Å². The minimum absolute atomic E-state index is 0.0197. The third kappa shape index (κ3) is 1.83. The van der Waals surface area contributed by atoms with Crippen molar-refractivity contribution < 1.29 is 17.7 Å². The first-order chi connectivity index (χ1) is 5.65. The first kappa shape index (κ1) is 9.20. The fraction of sp³-hybridized carbons (Fsp3) is 0.143. The summed E-state index contributed by atoms with van der Waals surface area (Å²) in [6.07, 6.45) is -0.0197. The first-order valence-corrected chi connectivity index (χ1v) is 4.07. The van der Waals surface area contributed by atoms with Crippen LogP contribution < -0.4 is 0 Å². The highest BCUT2D eigenvalue weighted by Crippen LogP contribution is 2.16. The topological polar surface area (TPSA) is 17.1 Å². The Morgan fingerprint density at radius 3 is 2.08 bits per heavy atom. The van der Waals surface area contributed by atoms with Crippen molar-refractivity contribution in [3.8, 4) is 0 Å². The molecule has 0 saturated carbocycles. The molecule has 0 saturated heterocycles. The molecule has 12 heavy (non-hydrogen) atoms. The highest BCUT2D eigenvalue weighted by atomic mass is 31.1. The van der Waals surface area contributed by atoms with Crippen LogP contribution in [0.4, 0.5) is 13.2 Å². The Morgan fingerprint density at radius 1 is 1.17 bits per heavy atom. The van der Waals surface area contributed by atoms with Gasteiger partial charge < -0.3 is 0 Å². The molecular formula is C7H4F3OP. The lowest BCUT2D eigenvalue weighted by atomic mass is 10.2. The Kier molecular flexibility index (Phi) is 2.82. The number of hydrogen-bond acceptors (Lipinski definition) is 1. The number of rotatable bonds is 2. The number of hydrogen-bond donors (Lipinski definition) is 0. The van der Waals surface area contributed by atoms with Crippen molar-refractivity contribution in [3.63, 3.8) is 0 Å². The molecule has 0 bridgehead atoms. The molecule has 64 valence electrons. The summed E-state index contributed by atoms with van der Waals surface area (Å²) >= 11 is 0. The van der Waals surface area contributed by atoms with Gasteiger partial charge in [-0.15, -0.1) is 0 Å². The summed E-state index contributed by atoms with van der Waals surface area (Å²) in [7, 11) is -0.254. The average molecular weight is 192 g/mol. The number of halogens is 3. The van der Waals surface area contributed by atoms with Crippen LogP contribution in [-0.2, 0) is 10.7 Å². The van der Waals surface area contributed by atoms with Gasteiger partial charge in [-0.1, -0.05) is 0 Å². The van der Waals surface area contributed by atoms with E-state index in [-0.39, 0.29) is 20.2 Å². The third-order valence-electron chi connectivity index (χ3n) is 1.29. The van der Waals surface area contributed by atoms with E-state index in [4.69, 9.17) is 0 Å². The van der Waals surface area contributed by atoms with E-state index in [1.165, 1.54) is 0 Å². The number of benzene rings is 1. The Hall–Kier alpha value is -0.890. The summed E-state index contributed by atoms with van der Waals surface area (Å²) in [6.45, 7) is 0. The van der Waals surface area contributed by atoms with Gasteiger partial charge in [-0.3, -0.25) is 4.57 Å². The highest BCUT2D eigenvalue weighted by molar-refractivity contribution is 7.22. The average Bonchev–Trinajstić information content (AvgIpc) is 2.01. The van der Waals surface area contributed by atoms with Gasteiger partial charge in [0.25, 0.3) is 0 Å². The zero-order chi connectivity index (χ0) is 9.14. The van der Waals surface area contributed by atoms with Crippen molar-refractivity contribution in [1.82, 2.24) is 0 Å². The van der Waals surface area contributed by atoms with Crippen LogP contribution in [0.15, 0.2) is 12.1 Å². The lowest BCUT2D eigenvalue weighted by Crippen LogP contribution is -1.92. The van der Waals surface area contributed by atoms with Crippen LogP contribution >= 0.6 is 8.46 Å². The van der Waals surface area contributed by atoms with E-state index in [9.17, 15) is 17.7 Å². The van der Waals surface area contributed by atoms with Gasteiger partial charge in [0.1, 0.15) is 0 Å². The summed E-state index contributed by atoms with van der Waals surface area (Å²) in [4.78, 5) is 0. The summed E-state index contributed by atoms with van der Waals surface area (Å²) in [6, 6.07) is 1.65. The summed E-state index contributed by atoms with van der Waals surface area (Å²) in [5, 5.41) is 0. The second kappa shape index (κ2) is 3.68. The van der Waals surface area contributed by atoms with Gasteiger partial charge in [0.2, 0.25) is 0 Å². The van der Waals surface area contributed by atoms with Crippen molar-refractivity contribution in [1.29, 1.82) is 0 Å². The molecule has 0 aromatic heterocycles. The van der Waals surface area contributed by atoms with Crippen LogP contribution in [0.1, 0.15) is 5.56 Å². The molecule has 0 N–H and O–H groups in total. The lowest BCUT2D eigenvalue weighted by Gasteiger charge is -1.97. The molecule has 0 aliphatic carbocycles. The Balaban J connectivity index is 3.11. The molecule has 1 aromatic rings. The molecule has 5 heteroatoms. The van der Waals surface area contributed by atoms with E-state index in [1.54, 1.807) is 0 Å². The minimum atomic E-state index is -1.50. The smallest absolute Gasteiger partial charge is 0.194 e. The van der Waals surface area contributed by atoms with Gasteiger partial charge in [-0.25, -0.2) is 13.2 Å². The van der Waals surface area contributed by atoms with Gasteiger partial charge in [0.15, 0.2) is 25.9 Å². The zero-order valence-electron chi connectivity index (χ0n) is 5.85. The van der Waals surface area contributed by atoms with Gasteiger partial charge >= 0.3 is 0 Å². The van der Waals surface area contributed by atoms with E-state index in [2.05, 4.69) is 0 Å². The first-order valence-electron chi connectivity index (χ1n) is 3.07. The molecule has 0 aliphatic rings. The van der Waals surface area contributed by atoms with E-state index in [1.807, 2.05) is 0 Å². The van der Waals surface area contributed by atoms with E-state index >= 15 is 0 Å². The molecule has 0 radical (unpaired) electrons. The van der Waals surface area contributed by atoms with E-state index in [0.717, 1.165) is 12.1 Å². The van der Waals surface area contributed by atoms with Crippen molar-refractivity contribution >= 4 is 8.46 Å². The molecule has 0 aliphatic heterocycles. The van der Waals surface area contributed by atoms with Gasteiger partial charge in [0, 0.05) is 0 Å². The summed E-state index contributed by atoms with van der Waals surface area (Å²) in [5.41, 5.74) is 0.170. The fourth-order valence-corrected chi connectivity index (χ4v) is 1.11. The molecule has 1 aromatic carbocycles. The molecule has 0 amide bonds. The molecule has 0 heterocycles. The highest BCUT2D eigenvalue weighted by Gasteiger charge is 2.09. The normalized spacial score (nSPS) is 10.6. The molecule has 0 atom stereocenters. The molecule has 1 nitrogen and oxygen atoms in total. The van der Waals surface area contributed by atoms with Crippen LogP contribution in [0.25, 0.3) is 0 Å². The third-order valence-corrected chi connectivity index (χ3v) is 1.78. The molecule has 0 unspecified atom stereocenters.